The number of ether oxygens (including phenoxy) is 1. The molecular formula is C22H25ClN4O3. The topological polar surface area (TPSA) is 88.4 Å². The van der Waals surface area contributed by atoms with Gasteiger partial charge in [0.05, 0.1) is 24.5 Å². The van der Waals surface area contributed by atoms with Crippen molar-refractivity contribution in [1.82, 2.24) is 20.4 Å². The molecule has 1 saturated heterocycles. The Labute approximate surface area is 181 Å². The Morgan fingerprint density at radius 3 is 2.73 bits per heavy atom. The first-order valence-electron chi connectivity index (χ1n) is 9.62. The highest BCUT2D eigenvalue weighted by molar-refractivity contribution is 6.00. The molecule has 0 radical (unpaired) electrons. The molecule has 2 unspecified atom stereocenters. The van der Waals surface area contributed by atoms with E-state index in [0.29, 0.717) is 36.6 Å². The summed E-state index contributed by atoms with van der Waals surface area (Å²) in [5.74, 6) is 0.482. The monoisotopic (exact) mass is 428 g/mol. The average molecular weight is 429 g/mol. The molecule has 1 amide bonds. The van der Waals surface area contributed by atoms with Crippen LogP contribution in [0.25, 0.3) is 16.9 Å². The van der Waals surface area contributed by atoms with Gasteiger partial charge in [0.2, 0.25) is 0 Å². The summed E-state index contributed by atoms with van der Waals surface area (Å²) in [5, 5.41) is 20.7. The van der Waals surface area contributed by atoms with Crippen molar-refractivity contribution in [3.63, 3.8) is 0 Å². The normalized spacial score (nSPS) is 17.9. The van der Waals surface area contributed by atoms with E-state index in [0.717, 1.165) is 11.3 Å². The zero-order chi connectivity index (χ0) is 20.2. The van der Waals surface area contributed by atoms with Crippen LogP contribution >= 0.6 is 12.4 Å². The van der Waals surface area contributed by atoms with Gasteiger partial charge < -0.3 is 20.5 Å². The fourth-order valence-corrected chi connectivity index (χ4v) is 3.48. The Kier molecular flexibility index (Phi) is 7.10. The largest absolute Gasteiger partial charge is 0.497 e. The molecule has 3 aromatic rings. The van der Waals surface area contributed by atoms with Gasteiger partial charge in [-0.1, -0.05) is 30.3 Å². The minimum absolute atomic E-state index is 0. The third-order valence-corrected chi connectivity index (χ3v) is 5.15. The van der Waals surface area contributed by atoms with Gasteiger partial charge in [0.1, 0.15) is 11.4 Å². The Morgan fingerprint density at radius 1 is 1.23 bits per heavy atom. The van der Waals surface area contributed by atoms with E-state index >= 15 is 0 Å². The van der Waals surface area contributed by atoms with Crippen LogP contribution in [0.4, 0.5) is 0 Å². The van der Waals surface area contributed by atoms with Crippen LogP contribution in [0.15, 0.2) is 60.8 Å². The van der Waals surface area contributed by atoms with E-state index < -0.39 is 6.10 Å². The van der Waals surface area contributed by atoms with E-state index in [2.05, 4.69) is 15.7 Å². The number of para-hydroxylation sites is 1. The molecule has 30 heavy (non-hydrogen) atoms. The van der Waals surface area contributed by atoms with Crippen molar-refractivity contribution in [2.24, 2.45) is 5.92 Å². The number of rotatable bonds is 6. The minimum Gasteiger partial charge on any atom is -0.497 e. The smallest absolute Gasteiger partial charge is 0.255 e. The summed E-state index contributed by atoms with van der Waals surface area (Å²) in [5.41, 5.74) is 2.72. The number of aliphatic hydroxyl groups is 1. The standard InChI is InChI=1S/C22H24N4O3.ClH/c1-29-18-9-5-6-15(10-18)21-19(14-26(25-21)17-7-3-2-4-8-17)22(28)24-12-16-11-23-13-20(16)27;/h2-10,14,16,20,23,27H,11-13H2,1H3,(H,24,28);1H. The molecule has 1 fully saturated rings. The molecule has 2 heterocycles. The second-order valence-corrected chi connectivity index (χ2v) is 7.10. The molecule has 1 aliphatic heterocycles. The SMILES string of the molecule is COc1cccc(-c2nn(-c3ccccc3)cc2C(=O)NCC2CNCC2O)c1.Cl. The first kappa shape index (κ1) is 21.8. The van der Waals surface area contributed by atoms with Gasteiger partial charge in [-0.2, -0.15) is 5.10 Å². The fraction of sp³-hybridized carbons (Fsp3) is 0.273. The zero-order valence-electron chi connectivity index (χ0n) is 16.6. The number of carbonyl (C=O) groups excluding carboxylic acids is 1. The number of halogens is 1. The van der Waals surface area contributed by atoms with Gasteiger partial charge in [0.25, 0.3) is 5.91 Å². The lowest BCUT2D eigenvalue weighted by molar-refractivity contribution is 0.0927. The molecule has 7 nitrogen and oxygen atoms in total. The van der Waals surface area contributed by atoms with Crippen LogP contribution in [0.3, 0.4) is 0 Å². The van der Waals surface area contributed by atoms with Crippen LogP contribution in [0.5, 0.6) is 5.75 Å². The minimum atomic E-state index is -0.444. The zero-order valence-corrected chi connectivity index (χ0v) is 17.4. The molecule has 0 spiro atoms. The van der Waals surface area contributed by atoms with Crippen LogP contribution in [-0.2, 0) is 0 Å². The number of nitrogens with one attached hydrogen (secondary N) is 2. The van der Waals surface area contributed by atoms with Gasteiger partial charge in [-0.3, -0.25) is 4.79 Å². The predicted molar refractivity (Wildman–Crippen MR) is 117 cm³/mol. The van der Waals surface area contributed by atoms with Crippen molar-refractivity contribution in [3.05, 3.63) is 66.4 Å². The maximum absolute atomic E-state index is 13.0. The van der Waals surface area contributed by atoms with Crippen LogP contribution in [0.1, 0.15) is 10.4 Å². The fourth-order valence-electron chi connectivity index (χ4n) is 3.48. The molecule has 8 heteroatoms. The number of methoxy groups -OCH3 is 1. The van der Waals surface area contributed by atoms with Gasteiger partial charge in [0, 0.05) is 37.3 Å². The Balaban J connectivity index is 0.00000256. The van der Waals surface area contributed by atoms with Crippen molar-refractivity contribution >= 4 is 18.3 Å². The van der Waals surface area contributed by atoms with Crippen molar-refractivity contribution in [2.75, 3.05) is 26.7 Å². The van der Waals surface area contributed by atoms with E-state index in [1.165, 1.54) is 0 Å². The van der Waals surface area contributed by atoms with Gasteiger partial charge in [-0.25, -0.2) is 4.68 Å². The maximum Gasteiger partial charge on any atom is 0.255 e. The van der Waals surface area contributed by atoms with Crippen LogP contribution in [0, 0.1) is 5.92 Å². The van der Waals surface area contributed by atoms with E-state index in [-0.39, 0.29) is 24.2 Å². The summed E-state index contributed by atoms with van der Waals surface area (Å²) in [6, 6.07) is 17.2. The van der Waals surface area contributed by atoms with Crippen molar-refractivity contribution < 1.29 is 14.6 Å². The lowest BCUT2D eigenvalue weighted by atomic mass is 10.1. The lowest BCUT2D eigenvalue weighted by Gasteiger charge is -2.14. The summed E-state index contributed by atoms with van der Waals surface area (Å²) in [7, 11) is 1.61. The Bertz CT molecular complexity index is 993. The highest BCUT2D eigenvalue weighted by Gasteiger charge is 2.26. The molecule has 0 saturated carbocycles. The second kappa shape index (κ2) is 9.75. The highest BCUT2D eigenvalue weighted by Crippen LogP contribution is 2.27. The van der Waals surface area contributed by atoms with Crippen LogP contribution in [-0.4, -0.2) is 53.6 Å². The molecule has 0 bridgehead atoms. The maximum atomic E-state index is 13.0. The Hall–Kier alpha value is -2.87. The summed E-state index contributed by atoms with van der Waals surface area (Å²) >= 11 is 0. The van der Waals surface area contributed by atoms with Crippen LogP contribution < -0.4 is 15.4 Å². The summed E-state index contributed by atoms with van der Waals surface area (Å²) < 4.78 is 7.03. The van der Waals surface area contributed by atoms with Crippen molar-refractivity contribution in [1.29, 1.82) is 0 Å². The highest BCUT2D eigenvalue weighted by atomic mass is 35.5. The lowest BCUT2D eigenvalue weighted by Crippen LogP contribution is -2.34. The van der Waals surface area contributed by atoms with Gasteiger partial charge >= 0.3 is 0 Å². The van der Waals surface area contributed by atoms with Crippen LogP contribution in [0.2, 0.25) is 0 Å². The molecule has 2 aromatic carbocycles. The number of aliphatic hydroxyl groups excluding tert-OH is 1. The quantitative estimate of drug-likeness (QED) is 0.560. The molecule has 4 rings (SSSR count). The molecule has 1 aromatic heterocycles. The Morgan fingerprint density at radius 2 is 2.03 bits per heavy atom. The first-order chi connectivity index (χ1) is 14.2. The molecule has 1 aliphatic rings. The van der Waals surface area contributed by atoms with E-state index in [1.54, 1.807) is 18.0 Å². The van der Waals surface area contributed by atoms with Crippen molar-refractivity contribution in [3.8, 4) is 22.7 Å². The van der Waals surface area contributed by atoms with E-state index in [4.69, 9.17) is 4.74 Å². The first-order valence-corrected chi connectivity index (χ1v) is 9.62. The third-order valence-electron chi connectivity index (χ3n) is 5.15. The number of nitrogens with zero attached hydrogens (tertiary/aromatic N) is 2. The summed E-state index contributed by atoms with van der Waals surface area (Å²) in [4.78, 5) is 13.0. The average Bonchev–Trinajstić information content (AvgIpc) is 3.39. The van der Waals surface area contributed by atoms with E-state index in [9.17, 15) is 9.90 Å². The number of benzene rings is 2. The molecule has 0 aliphatic carbocycles. The number of amides is 1. The molecule has 2 atom stereocenters. The molecule has 158 valence electrons. The van der Waals surface area contributed by atoms with Gasteiger partial charge in [-0.15, -0.1) is 12.4 Å². The number of aromatic nitrogens is 2. The third kappa shape index (κ3) is 4.64. The second-order valence-electron chi connectivity index (χ2n) is 7.10. The number of hydrogen-bond donors (Lipinski definition) is 3. The molecular weight excluding hydrogens is 404 g/mol. The molecule has 3 N–H and O–H groups in total. The summed E-state index contributed by atoms with van der Waals surface area (Å²) in [6.45, 7) is 1.65. The predicted octanol–water partition coefficient (Wildman–Crippen LogP) is 2.28. The van der Waals surface area contributed by atoms with Crippen molar-refractivity contribution in [2.45, 2.75) is 6.10 Å². The number of hydrogen-bond acceptors (Lipinski definition) is 5. The number of β-amino-alcohol motifs (C(OH)–C–C–N with tert-alkyl or cyclic N) is 1. The number of carbonyl (C=O) groups is 1. The van der Waals surface area contributed by atoms with E-state index in [1.807, 2.05) is 54.6 Å². The van der Waals surface area contributed by atoms with Gasteiger partial charge in [0.15, 0.2) is 0 Å². The van der Waals surface area contributed by atoms with Gasteiger partial charge in [-0.05, 0) is 24.3 Å². The summed E-state index contributed by atoms with van der Waals surface area (Å²) in [6.07, 6.45) is 1.29.